The van der Waals surface area contributed by atoms with Crippen LogP contribution < -0.4 is 10.6 Å². The summed E-state index contributed by atoms with van der Waals surface area (Å²) in [7, 11) is 0. The lowest BCUT2D eigenvalue weighted by atomic mass is 10.2. The molecule has 0 aliphatic heterocycles. The first-order valence-corrected chi connectivity index (χ1v) is 6.55. The minimum atomic E-state index is -0.0270. The Hall–Kier alpha value is -2.21. The SMILES string of the molecule is CC(C)NCCC(=O)Nc1cccc(-c2nnco2)c1. The van der Waals surface area contributed by atoms with E-state index >= 15 is 0 Å². The maximum absolute atomic E-state index is 11.8. The van der Waals surface area contributed by atoms with Gasteiger partial charge >= 0.3 is 0 Å². The third kappa shape index (κ3) is 4.17. The van der Waals surface area contributed by atoms with Crippen molar-refractivity contribution in [1.82, 2.24) is 15.5 Å². The van der Waals surface area contributed by atoms with E-state index < -0.39 is 0 Å². The fourth-order valence-electron chi connectivity index (χ4n) is 1.73. The van der Waals surface area contributed by atoms with Gasteiger partial charge in [0.25, 0.3) is 0 Å². The molecule has 0 aliphatic rings. The molecule has 2 N–H and O–H groups in total. The summed E-state index contributed by atoms with van der Waals surface area (Å²) in [5.74, 6) is 0.406. The normalized spacial score (nSPS) is 10.8. The second-order valence-electron chi connectivity index (χ2n) is 4.73. The van der Waals surface area contributed by atoms with Crippen molar-refractivity contribution in [3.05, 3.63) is 30.7 Å². The third-order valence-corrected chi connectivity index (χ3v) is 2.66. The van der Waals surface area contributed by atoms with E-state index in [9.17, 15) is 4.79 Å². The summed E-state index contributed by atoms with van der Waals surface area (Å²) < 4.78 is 5.13. The van der Waals surface area contributed by atoms with Gasteiger partial charge in [0.1, 0.15) is 0 Å². The summed E-state index contributed by atoms with van der Waals surface area (Å²) in [5.41, 5.74) is 1.50. The Balaban J connectivity index is 1.93. The summed E-state index contributed by atoms with van der Waals surface area (Å²) in [6.45, 7) is 4.75. The number of hydrogen-bond donors (Lipinski definition) is 2. The molecule has 0 atom stereocenters. The predicted octanol–water partition coefficient (Wildman–Crippen LogP) is 2.06. The van der Waals surface area contributed by atoms with Gasteiger partial charge in [-0.15, -0.1) is 10.2 Å². The van der Waals surface area contributed by atoms with Crippen molar-refractivity contribution in [2.75, 3.05) is 11.9 Å². The Morgan fingerprint density at radius 1 is 1.40 bits per heavy atom. The summed E-state index contributed by atoms with van der Waals surface area (Å²) >= 11 is 0. The summed E-state index contributed by atoms with van der Waals surface area (Å²) in [6, 6.07) is 7.70. The Labute approximate surface area is 117 Å². The first-order chi connectivity index (χ1) is 9.65. The second-order valence-corrected chi connectivity index (χ2v) is 4.73. The maximum atomic E-state index is 11.8. The summed E-state index contributed by atoms with van der Waals surface area (Å²) in [4.78, 5) is 11.8. The van der Waals surface area contributed by atoms with Crippen LogP contribution in [-0.4, -0.2) is 28.7 Å². The fraction of sp³-hybridized carbons (Fsp3) is 0.357. The third-order valence-electron chi connectivity index (χ3n) is 2.66. The van der Waals surface area contributed by atoms with Gasteiger partial charge in [-0.3, -0.25) is 4.79 Å². The molecule has 1 heterocycles. The van der Waals surface area contributed by atoms with Crippen molar-refractivity contribution in [2.24, 2.45) is 0 Å². The molecular formula is C14H18N4O2. The number of hydrogen-bond acceptors (Lipinski definition) is 5. The van der Waals surface area contributed by atoms with E-state index in [2.05, 4.69) is 20.8 Å². The van der Waals surface area contributed by atoms with Crippen molar-refractivity contribution in [2.45, 2.75) is 26.3 Å². The number of amides is 1. The summed E-state index contributed by atoms with van der Waals surface area (Å²) in [5, 5.41) is 13.5. The van der Waals surface area contributed by atoms with Gasteiger partial charge in [-0.05, 0) is 18.2 Å². The zero-order chi connectivity index (χ0) is 14.4. The quantitative estimate of drug-likeness (QED) is 0.842. The van der Waals surface area contributed by atoms with Gasteiger partial charge in [0.15, 0.2) is 0 Å². The second kappa shape index (κ2) is 6.81. The summed E-state index contributed by atoms with van der Waals surface area (Å²) in [6.07, 6.45) is 1.71. The molecule has 2 aromatic rings. The van der Waals surface area contributed by atoms with E-state index in [0.717, 1.165) is 11.3 Å². The van der Waals surface area contributed by atoms with Crippen LogP contribution in [0.5, 0.6) is 0 Å². The van der Waals surface area contributed by atoms with Crippen molar-refractivity contribution in [3.63, 3.8) is 0 Å². The topological polar surface area (TPSA) is 80.0 Å². The number of benzene rings is 1. The van der Waals surface area contributed by atoms with E-state index in [1.54, 1.807) is 6.07 Å². The molecule has 0 saturated carbocycles. The molecule has 0 bridgehead atoms. The Morgan fingerprint density at radius 2 is 2.25 bits per heavy atom. The number of nitrogens with one attached hydrogen (secondary N) is 2. The molecule has 0 aliphatic carbocycles. The Morgan fingerprint density at radius 3 is 2.95 bits per heavy atom. The molecule has 20 heavy (non-hydrogen) atoms. The van der Waals surface area contributed by atoms with Gasteiger partial charge in [0, 0.05) is 30.3 Å². The number of nitrogens with zero attached hydrogens (tertiary/aromatic N) is 2. The van der Waals surface area contributed by atoms with E-state index in [-0.39, 0.29) is 5.91 Å². The minimum Gasteiger partial charge on any atom is -0.423 e. The predicted molar refractivity (Wildman–Crippen MR) is 76.1 cm³/mol. The van der Waals surface area contributed by atoms with Crippen molar-refractivity contribution < 1.29 is 9.21 Å². The van der Waals surface area contributed by atoms with E-state index in [1.807, 2.05) is 32.0 Å². The van der Waals surface area contributed by atoms with Crippen molar-refractivity contribution >= 4 is 11.6 Å². The molecule has 0 unspecified atom stereocenters. The maximum Gasteiger partial charge on any atom is 0.247 e. The number of carbonyl (C=O) groups is 1. The van der Waals surface area contributed by atoms with Crippen LogP contribution >= 0.6 is 0 Å². The molecule has 1 aromatic carbocycles. The van der Waals surface area contributed by atoms with Crippen LogP contribution in [0.3, 0.4) is 0 Å². The molecule has 106 valence electrons. The van der Waals surface area contributed by atoms with Crippen molar-refractivity contribution in [1.29, 1.82) is 0 Å². The average molecular weight is 274 g/mol. The zero-order valence-electron chi connectivity index (χ0n) is 11.6. The van der Waals surface area contributed by atoms with Crippen LogP contribution in [0.1, 0.15) is 20.3 Å². The zero-order valence-corrected chi connectivity index (χ0v) is 11.6. The van der Waals surface area contributed by atoms with Crippen LogP contribution in [0.15, 0.2) is 35.1 Å². The average Bonchev–Trinajstić information content (AvgIpc) is 2.92. The highest BCUT2D eigenvalue weighted by Crippen LogP contribution is 2.20. The molecule has 0 spiro atoms. The van der Waals surface area contributed by atoms with Gasteiger partial charge in [0.05, 0.1) is 0 Å². The standard InChI is InChI=1S/C14H18N4O2/c1-10(2)15-7-6-13(19)17-12-5-3-4-11(8-12)14-18-16-9-20-14/h3-5,8-10,15H,6-7H2,1-2H3,(H,17,19). The fourth-order valence-corrected chi connectivity index (χ4v) is 1.73. The van der Waals surface area contributed by atoms with E-state index in [1.165, 1.54) is 6.39 Å². The van der Waals surface area contributed by atoms with Crippen LogP contribution in [0, 0.1) is 0 Å². The molecule has 1 amide bonds. The first-order valence-electron chi connectivity index (χ1n) is 6.55. The largest absolute Gasteiger partial charge is 0.423 e. The van der Waals surface area contributed by atoms with Gasteiger partial charge in [-0.1, -0.05) is 19.9 Å². The lowest BCUT2D eigenvalue weighted by Gasteiger charge is -2.09. The molecule has 6 heteroatoms. The monoisotopic (exact) mass is 274 g/mol. The molecule has 0 fully saturated rings. The minimum absolute atomic E-state index is 0.0270. The smallest absolute Gasteiger partial charge is 0.247 e. The molecule has 0 radical (unpaired) electrons. The Kier molecular flexibility index (Phi) is 4.84. The number of rotatable bonds is 6. The number of anilines is 1. The highest BCUT2D eigenvalue weighted by atomic mass is 16.4. The highest BCUT2D eigenvalue weighted by Gasteiger charge is 2.06. The van der Waals surface area contributed by atoms with Gasteiger partial charge in [-0.25, -0.2) is 0 Å². The van der Waals surface area contributed by atoms with Gasteiger partial charge in [0.2, 0.25) is 18.2 Å². The molecule has 6 nitrogen and oxygen atoms in total. The lowest BCUT2D eigenvalue weighted by molar-refractivity contribution is -0.116. The number of carbonyl (C=O) groups excluding carboxylic acids is 1. The van der Waals surface area contributed by atoms with Crippen LogP contribution in [-0.2, 0) is 4.79 Å². The number of aromatic nitrogens is 2. The van der Waals surface area contributed by atoms with Crippen LogP contribution in [0.25, 0.3) is 11.5 Å². The van der Waals surface area contributed by atoms with E-state index in [0.29, 0.717) is 24.9 Å². The van der Waals surface area contributed by atoms with Crippen LogP contribution in [0.2, 0.25) is 0 Å². The van der Waals surface area contributed by atoms with Crippen molar-refractivity contribution in [3.8, 4) is 11.5 Å². The molecule has 1 aromatic heterocycles. The van der Waals surface area contributed by atoms with Gasteiger partial charge < -0.3 is 15.1 Å². The van der Waals surface area contributed by atoms with Gasteiger partial charge in [-0.2, -0.15) is 0 Å². The highest BCUT2D eigenvalue weighted by molar-refractivity contribution is 5.91. The molecular weight excluding hydrogens is 256 g/mol. The molecule has 0 saturated heterocycles. The molecule has 2 rings (SSSR count). The van der Waals surface area contributed by atoms with E-state index in [4.69, 9.17) is 4.42 Å². The lowest BCUT2D eigenvalue weighted by Crippen LogP contribution is -2.27. The van der Waals surface area contributed by atoms with Crippen LogP contribution in [0.4, 0.5) is 5.69 Å². The Bertz CT molecular complexity index is 552. The first kappa shape index (κ1) is 14.2.